The summed E-state index contributed by atoms with van der Waals surface area (Å²) in [5.41, 5.74) is 7.00. The van der Waals surface area contributed by atoms with Crippen molar-refractivity contribution < 1.29 is 0 Å². The average molecular weight is 398 g/mol. The Kier molecular flexibility index (Phi) is 4.32. The van der Waals surface area contributed by atoms with Crippen molar-refractivity contribution in [1.29, 1.82) is 0 Å². The van der Waals surface area contributed by atoms with Gasteiger partial charge < -0.3 is 9.47 Å². The third-order valence-corrected chi connectivity index (χ3v) is 7.94. The summed E-state index contributed by atoms with van der Waals surface area (Å²) in [6.07, 6.45) is 9.53. The van der Waals surface area contributed by atoms with Crippen LogP contribution in [0.1, 0.15) is 37.9 Å². The van der Waals surface area contributed by atoms with E-state index in [-0.39, 0.29) is 0 Å². The second-order valence-electron chi connectivity index (χ2n) is 8.79. The van der Waals surface area contributed by atoms with Crippen LogP contribution in [0.25, 0.3) is 27.9 Å². The molecule has 3 heterocycles. The normalized spacial score (nSPS) is 18.4. The van der Waals surface area contributed by atoms with E-state index in [0.29, 0.717) is 12.0 Å². The van der Waals surface area contributed by atoms with Gasteiger partial charge in [-0.05, 0) is 59.0 Å². The maximum Gasteiger partial charge on any atom is 0.0815 e. The fourth-order valence-corrected chi connectivity index (χ4v) is 6.35. The Labute approximate surface area is 175 Å². The van der Waals surface area contributed by atoms with E-state index in [1.807, 2.05) is 0 Å². The van der Waals surface area contributed by atoms with Gasteiger partial charge in [-0.3, -0.25) is 0 Å². The lowest BCUT2D eigenvalue weighted by atomic mass is 9.89. The Morgan fingerprint density at radius 1 is 1.03 bits per heavy atom. The van der Waals surface area contributed by atoms with Crippen molar-refractivity contribution in [3.05, 3.63) is 76.8 Å². The highest BCUT2D eigenvalue weighted by Gasteiger charge is 2.29. The molecule has 1 aromatic heterocycles. The summed E-state index contributed by atoms with van der Waals surface area (Å²) in [5, 5.41) is 4.31. The number of allylic oxidation sites excluding steroid dienone is 2. The highest BCUT2D eigenvalue weighted by Crippen LogP contribution is 2.42. The van der Waals surface area contributed by atoms with Gasteiger partial charge in [0.25, 0.3) is 0 Å². The smallest absolute Gasteiger partial charge is 0.0815 e. The minimum absolute atomic E-state index is 0.297. The summed E-state index contributed by atoms with van der Waals surface area (Å²) in [4.78, 5) is 2.42. The van der Waals surface area contributed by atoms with Crippen LogP contribution in [0.4, 0.5) is 0 Å². The lowest BCUT2D eigenvalue weighted by Gasteiger charge is -2.37. The third-order valence-electron chi connectivity index (χ3n) is 6.45. The number of nitrogens with zero attached hydrogens (tertiary/aromatic N) is 2. The molecular weight excluding hydrogens is 368 g/mol. The van der Waals surface area contributed by atoms with E-state index in [4.69, 9.17) is 0 Å². The summed E-state index contributed by atoms with van der Waals surface area (Å²) < 4.78 is 2.45. The highest BCUT2D eigenvalue weighted by atomic mass is 28.3. The second-order valence-corrected chi connectivity index (χ2v) is 11.3. The van der Waals surface area contributed by atoms with Gasteiger partial charge in [-0.1, -0.05) is 51.2 Å². The van der Waals surface area contributed by atoms with E-state index in [1.165, 1.54) is 32.9 Å². The molecule has 0 fully saturated rings. The van der Waals surface area contributed by atoms with Gasteiger partial charge in [0.05, 0.1) is 14.8 Å². The lowest BCUT2D eigenvalue weighted by molar-refractivity contribution is 0.421. The molecule has 1 atom stereocenters. The fraction of sp³-hybridized carbons (Fsp3) is 0.308. The number of hydrogen-bond acceptors (Lipinski definition) is 1. The largest absolute Gasteiger partial charge is 0.343 e. The first kappa shape index (κ1) is 18.5. The van der Waals surface area contributed by atoms with Gasteiger partial charge in [0.2, 0.25) is 0 Å². The maximum atomic E-state index is 2.53. The molecule has 0 spiro atoms. The van der Waals surface area contributed by atoms with E-state index in [9.17, 15) is 0 Å². The van der Waals surface area contributed by atoms with E-state index >= 15 is 0 Å². The summed E-state index contributed by atoms with van der Waals surface area (Å²) in [6.45, 7) is 12.7. The van der Waals surface area contributed by atoms with Crippen molar-refractivity contribution in [3.8, 4) is 0 Å². The molecule has 0 bridgehead atoms. The van der Waals surface area contributed by atoms with Crippen molar-refractivity contribution in [3.63, 3.8) is 0 Å². The number of aryl methyl sites for hydroxylation is 1. The van der Waals surface area contributed by atoms with Crippen LogP contribution in [0.3, 0.4) is 0 Å². The quantitative estimate of drug-likeness (QED) is 0.436. The molecule has 1 unspecified atom stereocenters. The van der Waals surface area contributed by atoms with Crippen molar-refractivity contribution in [2.45, 2.75) is 46.5 Å². The topological polar surface area (TPSA) is 8.17 Å². The zero-order valence-corrected chi connectivity index (χ0v) is 19.0. The van der Waals surface area contributed by atoms with E-state index in [2.05, 4.69) is 104 Å². The predicted octanol–water partition coefficient (Wildman–Crippen LogP) is 6.92. The minimum Gasteiger partial charge on any atom is -0.343 e. The maximum absolute atomic E-state index is 2.53. The Bertz CT molecular complexity index is 1210. The van der Waals surface area contributed by atoms with Crippen LogP contribution in [-0.2, 0) is 6.54 Å². The Morgan fingerprint density at radius 3 is 2.55 bits per heavy atom. The Hall–Kier alpha value is -2.52. The highest BCUT2D eigenvalue weighted by molar-refractivity contribution is 6.65. The molecular formula is C26H29N2Si. The molecule has 2 aliphatic heterocycles. The second kappa shape index (κ2) is 6.77. The number of aromatic nitrogens is 1. The molecule has 0 amide bonds. The standard InChI is InChI=1S/C26H29N2Si/c1-6-28-23-10-8-7-9-19(23)22-14-21-18(13-25(22)28)11-12-27-16-26(29(4)5)20(17(2)3)15-24(21)27/h7-17,24H,6H2,1-5H3. The van der Waals surface area contributed by atoms with E-state index in [0.717, 1.165) is 6.54 Å². The monoisotopic (exact) mass is 397 g/mol. The SMILES string of the molecule is CCn1c2ccccc2c2cc3c(cc21)C=CN1C=C([Si](C)C)C(C(C)C)=CC31. The number of para-hydroxylation sites is 1. The number of rotatable bonds is 3. The van der Waals surface area contributed by atoms with Crippen LogP contribution >= 0.6 is 0 Å². The van der Waals surface area contributed by atoms with Crippen molar-refractivity contribution >= 4 is 36.7 Å². The molecule has 0 aliphatic carbocycles. The van der Waals surface area contributed by atoms with Gasteiger partial charge in [-0.15, -0.1) is 0 Å². The molecule has 147 valence electrons. The van der Waals surface area contributed by atoms with Crippen LogP contribution in [0, 0.1) is 5.92 Å². The van der Waals surface area contributed by atoms with Crippen LogP contribution in [0.2, 0.25) is 13.1 Å². The molecule has 0 N–H and O–H groups in total. The van der Waals surface area contributed by atoms with Gasteiger partial charge in [-0.25, -0.2) is 0 Å². The van der Waals surface area contributed by atoms with Crippen molar-refractivity contribution in [1.82, 2.24) is 9.47 Å². The number of hydrogen-bond donors (Lipinski definition) is 0. The zero-order chi connectivity index (χ0) is 20.3. The van der Waals surface area contributed by atoms with Crippen LogP contribution in [-0.4, -0.2) is 18.3 Å². The molecule has 1 radical (unpaired) electrons. The van der Waals surface area contributed by atoms with Gasteiger partial charge in [0, 0.05) is 40.8 Å². The van der Waals surface area contributed by atoms with Gasteiger partial charge >= 0.3 is 0 Å². The Balaban J connectivity index is 1.75. The predicted molar refractivity (Wildman–Crippen MR) is 127 cm³/mol. The molecule has 2 aliphatic rings. The molecule has 5 rings (SSSR count). The van der Waals surface area contributed by atoms with E-state index < -0.39 is 8.80 Å². The van der Waals surface area contributed by atoms with Gasteiger partial charge in [-0.2, -0.15) is 0 Å². The zero-order valence-electron chi connectivity index (χ0n) is 18.0. The van der Waals surface area contributed by atoms with Crippen LogP contribution in [0.5, 0.6) is 0 Å². The first-order chi connectivity index (χ1) is 14.0. The summed E-state index contributed by atoms with van der Waals surface area (Å²) in [7, 11) is -0.503. The average Bonchev–Trinajstić information content (AvgIpc) is 3.03. The lowest BCUT2D eigenvalue weighted by Crippen LogP contribution is -2.28. The molecule has 0 saturated heterocycles. The summed E-state index contributed by atoms with van der Waals surface area (Å²) in [5.74, 6) is 0.559. The minimum atomic E-state index is -0.503. The molecule has 2 aromatic carbocycles. The van der Waals surface area contributed by atoms with Gasteiger partial charge in [0.15, 0.2) is 0 Å². The third kappa shape index (κ3) is 2.75. The number of benzene rings is 2. The van der Waals surface area contributed by atoms with Gasteiger partial charge in [0.1, 0.15) is 0 Å². The molecule has 3 heteroatoms. The van der Waals surface area contributed by atoms with Crippen molar-refractivity contribution in [2.75, 3.05) is 0 Å². The molecule has 0 saturated carbocycles. The van der Waals surface area contributed by atoms with Crippen LogP contribution < -0.4 is 0 Å². The number of fused-ring (bicyclic) bond motifs is 6. The summed E-state index contributed by atoms with van der Waals surface area (Å²) in [6, 6.07) is 14.0. The first-order valence-electron chi connectivity index (χ1n) is 10.7. The van der Waals surface area contributed by atoms with Crippen LogP contribution in [0.15, 0.2) is 65.6 Å². The summed E-state index contributed by atoms with van der Waals surface area (Å²) >= 11 is 0. The fourth-order valence-electron chi connectivity index (χ4n) is 4.99. The van der Waals surface area contributed by atoms with E-state index in [1.54, 1.807) is 10.8 Å². The molecule has 3 aromatic rings. The molecule has 2 nitrogen and oxygen atoms in total. The molecule has 29 heavy (non-hydrogen) atoms. The Morgan fingerprint density at radius 2 is 1.83 bits per heavy atom. The first-order valence-corrected chi connectivity index (χ1v) is 13.2. The van der Waals surface area contributed by atoms with Crippen molar-refractivity contribution in [2.24, 2.45) is 5.92 Å².